The molecule has 2 rings (SSSR count). The monoisotopic (exact) mass is 231 g/mol. The lowest BCUT2D eigenvalue weighted by Crippen LogP contribution is -2.14. The Bertz CT molecular complexity index is 494. The number of carbonyl (C=O) groups excluding carboxylic acids is 1. The van der Waals surface area contributed by atoms with Crippen LogP contribution in [0.5, 0.6) is 0 Å². The maximum Gasteiger partial charge on any atom is 0.226 e. The molecule has 6 nitrogen and oxygen atoms in total. The molecule has 0 aliphatic heterocycles. The van der Waals surface area contributed by atoms with Gasteiger partial charge >= 0.3 is 0 Å². The lowest BCUT2D eigenvalue weighted by atomic mass is 10.2. The highest BCUT2D eigenvalue weighted by molar-refractivity contribution is 5.91. The molecule has 0 bridgehead atoms. The fourth-order valence-electron chi connectivity index (χ4n) is 1.41. The maximum absolute atomic E-state index is 11.6. The molecule has 6 heteroatoms. The Balaban J connectivity index is 1.85. The molecule has 1 aromatic heterocycles. The fourth-order valence-corrected chi connectivity index (χ4v) is 1.41. The number of aromatic nitrogens is 3. The molecule has 1 aromatic carbocycles. The van der Waals surface area contributed by atoms with Gasteiger partial charge in [0.05, 0.1) is 12.7 Å². The van der Waals surface area contributed by atoms with Gasteiger partial charge in [0.2, 0.25) is 5.91 Å². The molecule has 0 radical (unpaired) electrons. The molecule has 0 atom stereocenters. The molecule has 0 fully saturated rings. The van der Waals surface area contributed by atoms with Crippen LogP contribution in [0.1, 0.15) is 6.42 Å². The highest BCUT2D eigenvalue weighted by atomic mass is 16.1. The Hall–Kier alpha value is -2.37. The molecular formula is C11H13N5O. The quantitative estimate of drug-likeness (QED) is 0.765. The smallest absolute Gasteiger partial charge is 0.226 e. The second kappa shape index (κ2) is 5.11. The van der Waals surface area contributed by atoms with Gasteiger partial charge < -0.3 is 11.1 Å². The van der Waals surface area contributed by atoms with Crippen molar-refractivity contribution in [3.63, 3.8) is 0 Å². The van der Waals surface area contributed by atoms with Crippen molar-refractivity contribution in [1.29, 1.82) is 0 Å². The number of hydrogen-bond donors (Lipinski definition) is 2. The van der Waals surface area contributed by atoms with Gasteiger partial charge in [-0.05, 0) is 18.2 Å². The number of hydrogen-bond acceptors (Lipinski definition) is 4. The van der Waals surface area contributed by atoms with E-state index in [1.165, 1.54) is 0 Å². The number of nitrogen functional groups attached to an aromatic ring is 1. The van der Waals surface area contributed by atoms with Crippen LogP contribution in [0.4, 0.5) is 11.4 Å². The van der Waals surface area contributed by atoms with Crippen molar-refractivity contribution in [1.82, 2.24) is 15.0 Å². The van der Waals surface area contributed by atoms with Crippen LogP contribution >= 0.6 is 0 Å². The van der Waals surface area contributed by atoms with Gasteiger partial charge in [-0.1, -0.05) is 11.3 Å². The van der Waals surface area contributed by atoms with Crippen LogP contribution in [0.2, 0.25) is 0 Å². The number of carbonyl (C=O) groups is 1. The molecule has 17 heavy (non-hydrogen) atoms. The Labute approximate surface area is 98.4 Å². The van der Waals surface area contributed by atoms with Gasteiger partial charge in [0.1, 0.15) is 0 Å². The van der Waals surface area contributed by atoms with Crippen LogP contribution in [0.25, 0.3) is 0 Å². The number of amides is 1. The van der Waals surface area contributed by atoms with E-state index in [1.807, 2.05) is 0 Å². The van der Waals surface area contributed by atoms with Crippen molar-refractivity contribution in [3.05, 3.63) is 36.7 Å². The van der Waals surface area contributed by atoms with E-state index in [4.69, 9.17) is 5.73 Å². The molecule has 1 amide bonds. The summed E-state index contributed by atoms with van der Waals surface area (Å²) in [6, 6.07) is 7.07. The van der Waals surface area contributed by atoms with Gasteiger partial charge in [-0.15, -0.1) is 5.10 Å². The van der Waals surface area contributed by atoms with Gasteiger partial charge in [-0.3, -0.25) is 9.48 Å². The van der Waals surface area contributed by atoms with Crippen molar-refractivity contribution in [2.75, 3.05) is 11.1 Å². The molecular weight excluding hydrogens is 218 g/mol. The summed E-state index contributed by atoms with van der Waals surface area (Å²) < 4.78 is 1.61. The third kappa shape index (κ3) is 3.30. The molecule has 0 saturated heterocycles. The zero-order valence-corrected chi connectivity index (χ0v) is 9.21. The summed E-state index contributed by atoms with van der Waals surface area (Å²) in [5.74, 6) is -0.0777. The molecule has 0 saturated carbocycles. The van der Waals surface area contributed by atoms with E-state index in [2.05, 4.69) is 15.6 Å². The molecule has 3 N–H and O–H groups in total. The van der Waals surface area contributed by atoms with E-state index in [0.29, 0.717) is 24.3 Å². The van der Waals surface area contributed by atoms with Crippen LogP contribution in [-0.4, -0.2) is 20.9 Å². The van der Waals surface area contributed by atoms with Gasteiger partial charge in [0, 0.05) is 24.0 Å². The van der Waals surface area contributed by atoms with E-state index in [0.717, 1.165) is 0 Å². The summed E-state index contributed by atoms with van der Waals surface area (Å²) in [6.07, 6.45) is 3.64. The molecule has 0 unspecified atom stereocenters. The minimum atomic E-state index is -0.0777. The zero-order valence-electron chi connectivity index (χ0n) is 9.21. The standard InChI is InChI=1S/C11H13N5O/c12-9-2-1-3-10(8-9)14-11(17)4-6-16-7-5-13-15-16/h1-3,5,7-8H,4,6,12H2,(H,14,17). The first-order valence-corrected chi connectivity index (χ1v) is 5.23. The fraction of sp³-hybridized carbons (Fsp3) is 0.182. The van der Waals surface area contributed by atoms with Gasteiger partial charge in [-0.25, -0.2) is 0 Å². The van der Waals surface area contributed by atoms with Gasteiger partial charge in [0.15, 0.2) is 0 Å². The second-order valence-corrected chi connectivity index (χ2v) is 3.59. The average molecular weight is 231 g/mol. The summed E-state index contributed by atoms with van der Waals surface area (Å²) in [5.41, 5.74) is 6.94. The molecule has 2 aromatic rings. The van der Waals surface area contributed by atoms with E-state index < -0.39 is 0 Å². The number of aryl methyl sites for hydroxylation is 1. The summed E-state index contributed by atoms with van der Waals surface area (Å²) >= 11 is 0. The van der Waals surface area contributed by atoms with Crippen molar-refractivity contribution < 1.29 is 4.79 Å². The first-order chi connectivity index (χ1) is 8.24. The highest BCUT2D eigenvalue weighted by Gasteiger charge is 2.03. The number of nitrogens with one attached hydrogen (secondary N) is 1. The van der Waals surface area contributed by atoms with Crippen LogP contribution in [0.15, 0.2) is 36.7 Å². The van der Waals surface area contributed by atoms with E-state index in [9.17, 15) is 4.79 Å². The number of nitrogens with zero attached hydrogens (tertiary/aromatic N) is 3. The van der Waals surface area contributed by atoms with Crippen LogP contribution in [-0.2, 0) is 11.3 Å². The summed E-state index contributed by atoms with van der Waals surface area (Å²) in [4.78, 5) is 11.6. The number of benzene rings is 1. The predicted molar refractivity (Wildman–Crippen MR) is 64.1 cm³/mol. The topological polar surface area (TPSA) is 85.8 Å². The minimum Gasteiger partial charge on any atom is -0.399 e. The molecule has 88 valence electrons. The lowest BCUT2D eigenvalue weighted by molar-refractivity contribution is -0.116. The summed E-state index contributed by atoms with van der Waals surface area (Å²) in [6.45, 7) is 0.508. The van der Waals surface area contributed by atoms with Crippen LogP contribution in [0, 0.1) is 0 Å². The van der Waals surface area contributed by atoms with E-state index in [-0.39, 0.29) is 5.91 Å². The molecule has 0 aliphatic rings. The Morgan fingerprint density at radius 2 is 2.35 bits per heavy atom. The van der Waals surface area contributed by atoms with Crippen molar-refractivity contribution in [3.8, 4) is 0 Å². The van der Waals surface area contributed by atoms with E-state index in [1.54, 1.807) is 41.3 Å². The number of nitrogens with two attached hydrogens (primary N) is 1. The first-order valence-electron chi connectivity index (χ1n) is 5.23. The SMILES string of the molecule is Nc1cccc(NC(=O)CCn2ccnn2)c1. The lowest BCUT2D eigenvalue weighted by Gasteiger charge is -2.05. The second-order valence-electron chi connectivity index (χ2n) is 3.59. The van der Waals surface area contributed by atoms with Crippen molar-refractivity contribution in [2.24, 2.45) is 0 Å². The Morgan fingerprint density at radius 3 is 3.06 bits per heavy atom. The first kappa shape index (κ1) is 11.1. The van der Waals surface area contributed by atoms with Crippen molar-refractivity contribution >= 4 is 17.3 Å². The molecule has 0 spiro atoms. The number of anilines is 2. The zero-order chi connectivity index (χ0) is 12.1. The molecule has 0 aliphatic carbocycles. The normalized spacial score (nSPS) is 10.1. The molecule has 1 heterocycles. The highest BCUT2D eigenvalue weighted by Crippen LogP contribution is 2.11. The average Bonchev–Trinajstić information content (AvgIpc) is 2.79. The van der Waals surface area contributed by atoms with Crippen molar-refractivity contribution in [2.45, 2.75) is 13.0 Å². The summed E-state index contributed by atoms with van der Waals surface area (Å²) in [7, 11) is 0. The number of rotatable bonds is 4. The third-order valence-corrected chi connectivity index (χ3v) is 2.21. The third-order valence-electron chi connectivity index (χ3n) is 2.21. The predicted octanol–water partition coefficient (Wildman–Crippen LogP) is 0.889. The summed E-state index contributed by atoms with van der Waals surface area (Å²) in [5, 5.41) is 10.2. The van der Waals surface area contributed by atoms with Crippen LogP contribution < -0.4 is 11.1 Å². The van der Waals surface area contributed by atoms with Gasteiger partial charge in [-0.2, -0.15) is 0 Å². The van der Waals surface area contributed by atoms with Gasteiger partial charge in [0.25, 0.3) is 0 Å². The minimum absolute atomic E-state index is 0.0777. The maximum atomic E-state index is 11.6. The van der Waals surface area contributed by atoms with E-state index >= 15 is 0 Å². The Morgan fingerprint density at radius 1 is 1.47 bits per heavy atom. The largest absolute Gasteiger partial charge is 0.399 e. The van der Waals surface area contributed by atoms with Crippen LogP contribution in [0.3, 0.4) is 0 Å². The Kier molecular flexibility index (Phi) is 3.34.